The molecule has 0 unspecified atom stereocenters. The van der Waals surface area contributed by atoms with Gasteiger partial charge in [0.25, 0.3) is 5.91 Å². The summed E-state index contributed by atoms with van der Waals surface area (Å²) >= 11 is 5.70. The number of rotatable bonds is 3. The van der Waals surface area contributed by atoms with Gasteiger partial charge in [0.05, 0.1) is 5.56 Å². The molecule has 1 N–H and O–H groups in total. The van der Waals surface area contributed by atoms with Crippen molar-refractivity contribution in [3.8, 4) is 0 Å². The van der Waals surface area contributed by atoms with Crippen molar-refractivity contribution in [1.82, 2.24) is 4.72 Å². The molecule has 0 saturated heterocycles. The van der Waals surface area contributed by atoms with Crippen LogP contribution in [0.1, 0.15) is 10.4 Å². The highest BCUT2D eigenvalue weighted by Crippen LogP contribution is 2.23. The van der Waals surface area contributed by atoms with Crippen molar-refractivity contribution < 1.29 is 26.4 Å². The lowest BCUT2D eigenvalue weighted by molar-refractivity contribution is -0.106. The van der Waals surface area contributed by atoms with E-state index in [0.29, 0.717) is 10.7 Å². The van der Waals surface area contributed by atoms with Crippen molar-refractivity contribution in [3.63, 3.8) is 0 Å². The van der Waals surface area contributed by atoms with Gasteiger partial charge in [-0.25, -0.2) is 13.1 Å². The van der Waals surface area contributed by atoms with Gasteiger partial charge in [-0.05, 0) is 79.9 Å². The number of carbonyl (C=O) groups excluding carboxylic acids is 1. The van der Waals surface area contributed by atoms with Crippen LogP contribution >= 0.6 is 67.8 Å². The second kappa shape index (κ2) is 6.80. The lowest BCUT2D eigenvalue weighted by Crippen LogP contribution is -2.37. The smallest absolute Gasteiger partial charge is 0.268 e. The first kappa shape index (κ1) is 18.7. The predicted molar refractivity (Wildman–Crippen MR) is 91.9 cm³/mol. The van der Waals surface area contributed by atoms with E-state index in [1.165, 1.54) is 10.8 Å². The molecule has 0 heterocycles. The molecule has 0 radical (unpaired) electrons. The Labute approximate surface area is 153 Å². The maximum atomic E-state index is 12.1. The van der Waals surface area contributed by atoms with Crippen LogP contribution < -0.4 is 4.72 Å². The maximum absolute atomic E-state index is 12.1. The van der Waals surface area contributed by atoms with Crippen molar-refractivity contribution in [2.24, 2.45) is 0 Å². The summed E-state index contributed by atoms with van der Waals surface area (Å²) in [5.74, 6) is -3.17. The molecule has 0 aliphatic carbocycles. The lowest BCUT2D eigenvalue weighted by atomic mass is 10.2. The first-order chi connectivity index (χ1) is 8.91. The van der Waals surface area contributed by atoms with E-state index in [2.05, 4.69) is 0 Å². The van der Waals surface area contributed by atoms with Crippen molar-refractivity contribution in [2.75, 3.05) is 5.75 Å². The highest BCUT2D eigenvalue weighted by atomic mass is 127. The van der Waals surface area contributed by atoms with Crippen LogP contribution in [0.2, 0.25) is 0 Å². The quantitative estimate of drug-likeness (QED) is 0.407. The maximum Gasteiger partial charge on any atom is 0.404 e. The number of hydrogen-bond acceptors (Lipinski definition) is 3. The molecule has 20 heavy (non-hydrogen) atoms. The summed E-state index contributed by atoms with van der Waals surface area (Å²) in [6.45, 7) is 0. The summed E-state index contributed by atoms with van der Waals surface area (Å²) in [4.78, 5) is 11.8. The van der Waals surface area contributed by atoms with Gasteiger partial charge < -0.3 is 0 Å². The van der Waals surface area contributed by atoms with Crippen LogP contribution in [-0.4, -0.2) is 26.3 Å². The molecule has 4 nitrogen and oxygen atoms in total. The van der Waals surface area contributed by atoms with E-state index >= 15 is 0 Å². The Hall–Kier alpha value is 0.620. The molecule has 1 aromatic carbocycles. The fourth-order valence-electron chi connectivity index (χ4n) is 1.17. The number of sulfonamides is 1. The van der Waals surface area contributed by atoms with E-state index in [-0.39, 0.29) is 5.56 Å². The molecular formula is C9H5F3I3NO3S. The largest absolute Gasteiger partial charge is 0.404 e. The molecule has 0 aliphatic rings. The van der Waals surface area contributed by atoms with Crippen molar-refractivity contribution in [1.29, 1.82) is 0 Å². The molecule has 112 valence electrons. The summed E-state index contributed by atoms with van der Waals surface area (Å²) in [5.41, 5.74) is 0.0210. The minimum absolute atomic E-state index is 0.0210. The van der Waals surface area contributed by atoms with E-state index in [0.717, 1.165) is 0 Å². The van der Waals surface area contributed by atoms with Gasteiger partial charge in [0, 0.05) is 10.7 Å². The molecule has 0 bridgehead atoms. The van der Waals surface area contributed by atoms with E-state index in [4.69, 9.17) is 0 Å². The molecule has 1 aromatic rings. The van der Waals surface area contributed by atoms with Gasteiger partial charge in [-0.1, -0.05) is 0 Å². The Kier molecular flexibility index (Phi) is 6.35. The van der Waals surface area contributed by atoms with Crippen molar-refractivity contribution >= 4 is 83.7 Å². The predicted octanol–water partition coefficient (Wildman–Crippen LogP) is 3.12. The third kappa shape index (κ3) is 5.78. The van der Waals surface area contributed by atoms with Crippen molar-refractivity contribution in [2.45, 2.75) is 6.18 Å². The number of carbonyl (C=O) groups is 1. The minimum atomic E-state index is -4.90. The summed E-state index contributed by atoms with van der Waals surface area (Å²) in [7, 11) is -4.76. The van der Waals surface area contributed by atoms with Crippen LogP contribution in [0.25, 0.3) is 0 Å². The zero-order chi connectivity index (χ0) is 15.7. The van der Waals surface area contributed by atoms with Crippen LogP contribution in [0.4, 0.5) is 13.2 Å². The second-order valence-corrected chi connectivity index (χ2v) is 8.76. The molecular weight excluding hydrogens is 640 g/mol. The third-order valence-electron chi connectivity index (χ3n) is 1.84. The average Bonchev–Trinajstić information content (AvgIpc) is 2.18. The molecule has 0 fully saturated rings. The van der Waals surface area contributed by atoms with E-state index < -0.39 is 27.9 Å². The van der Waals surface area contributed by atoms with Gasteiger partial charge >= 0.3 is 6.18 Å². The lowest BCUT2D eigenvalue weighted by Gasteiger charge is -2.11. The van der Waals surface area contributed by atoms with Crippen LogP contribution in [-0.2, 0) is 10.0 Å². The second-order valence-electron chi connectivity index (χ2n) is 3.55. The Morgan fingerprint density at radius 2 is 1.75 bits per heavy atom. The van der Waals surface area contributed by atoms with Gasteiger partial charge in [0.2, 0.25) is 10.0 Å². The number of halogens is 6. The standard InChI is InChI=1S/C9H5F3I3NO3S/c10-9(11,12)3-20(18,19)16-8(17)5-1-4(13)2-6(14)7(5)15/h1-2H,3H2,(H,16,17). The van der Waals surface area contributed by atoms with E-state index in [1.54, 1.807) is 6.07 Å². The Bertz CT molecular complexity index is 646. The zero-order valence-electron chi connectivity index (χ0n) is 9.26. The van der Waals surface area contributed by atoms with Gasteiger partial charge in [-0.2, -0.15) is 13.2 Å². The SMILES string of the molecule is O=C(NS(=O)(=O)CC(F)(F)F)c1cc(I)cc(I)c1I. The van der Waals surface area contributed by atoms with E-state index in [9.17, 15) is 26.4 Å². The monoisotopic (exact) mass is 645 g/mol. The van der Waals surface area contributed by atoms with Crippen LogP contribution in [0.15, 0.2) is 12.1 Å². The number of hydrogen-bond donors (Lipinski definition) is 1. The van der Waals surface area contributed by atoms with Gasteiger partial charge in [0.1, 0.15) is 0 Å². The fraction of sp³-hybridized carbons (Fsp3) is 0.222. The number of amides is 1. The van der Waals surface area contributed by atoms with Crippen molar-refractivity contribution in [3.05, 3.63) is 28.4 Å². The molecule has 0 aliphatic heterocycles. The number of alkyl halides is 3. The number of benzene rings is 1. The molecule has 1 rings (SSSR count). The Morgan fingerprint density at radius 3 is 2.25 bits per heavy atom. The first-order valence-corrected chi connectivity index (χ1v) is 9.56. The normalized spacial score (nSPS) is 12.3. The summed E-state index contributed by atoms with van der Waals surface area (Å²) in [5, 5.41) is 0. The molecule has 0 aromatic heterocycles. The molecule has 0 spiro atoms. The van der Waals surface area contributed by atoms with Gasteiger partial charge in [0.15, 0.2) is 5.75 Å². The molecule has 0 saturated carbocycles. The third-order valence-corrected chi connectivity index (χ3v) is 6.71. The molecule has 0 atom stereocenters. The Balaban J connectivity index is 3.04. The first-order valence-electron chi connectivity index (χ1n) is 4.67. The van der Waals surface area contributed by atoms with Crippen LogP contribution in [0, 0.1) is 10.7 Å². The number of nitrogens with one attached hydrogen (secondary N) is 1. The highest BCUT2D eigenvalue weighted by Gasteiger charge is 2.36. The van der Waals surface area contributed by atoms with Crippen LogP contribution in [0.5, 0.6) is 0 Å². The molecule has 1 amide bonds. The topological polar surface area (TPSA) is 63.2 Å². The average molecular weight is 645 g/mol. The zero-order valence-corrected chi connectivity index (χ0v) is 16.6. The van der Waals surface area contributed by atoms with E-state index in [1.807, 2.05) is 67.8 Å². The highest BCUT2D eigenvalue weighted by molar-refractivity contribution is 14.1. The van der Waals surface area contributed by atoms with Crippen LogP contribution in [0.3, 0.4) is 0 Å². The van der Waals surface area contributed by atoms with Gasteiger partial charge in [-0.15, -0.1) is 0 Å². The fourth-order valence-corrected chi connectivity index (χ4v) is 4.47. The Morgan fingerprint density at radius 1 is 1.20 bits per heavy atom. The molecule has 11 heteroatoms. The minimum Gasteiger partial charge on any atom is -0.268 e. The summed E-state index contributed by atoms with van der Waals surface area (Å²) in [6.07, 6.45) is -4.90. The summed E-state index contributed by atoms with van der Waals surface area (Å²) < 4.78 is 62.0. The summed E-state index contributed by atoms with van der Waals surface area (Å²) in [6, 6.07) is 3.16. The van der Waals surface area contributed by atoms with Gasteiger partial charge in [-0.3, -0.25) is 4.79 Å².